The summed E-state index contributed by atoms with van der Waals surface area (Å²) in [6.45, 7) is 3.58. The summed E-state index contributed by atoms with van der Waals surface area (Å²) in [5.74, 6) is -0.959. The van der Waals surface area contributed by atoms with E-state index in [1.54, 1.807) is 20.1 Å². The summed E-state index contributed by atoms with van der Waals surface area (Å²) in [6, 6.07) is 12.2. The summed E-state index contributed by atoms with van der Waals surface area (Å²) in [5, 5.41) is 12.2. The van der Waals surface area contributed by atoms with Gasteiger partial charge in [-0.3, -0.25) is 14.5 Å². The van der Waals surface area contributed by atoms with Crippen molar-refractivity contribution < 1.29 is 19.4 Å². The van der Waals surface area contributed by atoms with Crippen LogP contribution in [-0.2, 0) is 4.79 Å². The third-order valence-electron chi connectivity index (χ3n) is 6.08. The summed E-state index contributed by atoms with van der Waals surface area (Å²) in [7, 11) is 5.46. The molecule has 0 aliphatic carbocycles. The SMILES string of the molecule is COc1ccc2nc(N3C(=O)C(O)=C(C(=O)c4sc(C)nc4C)C3c3ccc(N(C)C)cc3)sc2c1. The van der Waals surface area contributed by atoms with Gasteiger partial charge in [0, 0.05) is 19.8 Å². The van der Waals surface area contributed by atoms with Crippen molar-refractivity contribution in [1.29, 1.82) is 0 Å². The molecular weight excluding hydrogens is 496 g/mol. The number of aliphatic hydroxyl groups is 1. The Morgan fingerprint density at radius 2 is 1.81 bits per heavy atom. The number of ketones is 1. The molecule has 1 atom stereocenters. The molecule has 0 bridgehead atoms. The number of benzene rings is 2. The van der Waals surface area contributed by atoms with Crippen molar-refractivity contribution >= 4 is 55.4 Å². The van der Waals surface area contributed by atoms with Crippen LogP contribution < -0.4 is 14.5 Å². The molecule has 2 aromatic heterocycles. The zero-order valence-corrected chi connectivity index (χ0v) is 22.0. The maximum atomic E-state index is 13.8. The minimum Gasteiger partial charge on any atom is -0.503 e. The lowest BCUT2D eigenvalue weighted by Crippen LogP contribution is -2.31. The van der Waals surface area contributed by atoms with Crippen LogP contribution in [0.15, 0.2) is 53.8 Å². The van der Waals surface area contributed by atoms with Crippen molar-refractivity contribution in [1.82, 2.24) is 9.97 Å². The van der Waals surface area contributed by atoms with E-state index in [4.69, 9.17) is 4.74 Å². The number of fused-ring (bicyclic) bond motifs is 1. The Hall–Kier alpha value is -3.76. The van der Waals surface area contributed by atoms with E-state index in [0.717, 1.165) is 15.4 Å². The maximum absolute atomic E-state index is 13.8. The molecule has 8 nitrogen and oxygen atoms in total. The second-order valence-electron chi connectivity index (χ2n) is 8.63. The summed E-state index contributed by atoms with van der Waals surface area (Å²) in [5.41, 5.74) is 2.95. The van der Waals surface area contributed by atoms with Crippen molar-refractivity contribution in [2.75, 3.05) is 31.0 Å². The van der Waals surface area contributed by atoms with Gasteiger partial charge in [0.25, 0.3) is 5.91 Å². The standard InChI is InChI=1S/C26H24N4O4S2/c1-13-24(35-14(2)27-13)22(31)20-21(15-6-8-16(9-7-15)29(3)4)30(25(33)23(20)32)26-28-18-11-10-17(34-5)12-19(18)36-26/h6-12,21,32H,1-5H3. The molecule has 2 aromatic carbocycles. The second-order valence-corrected chi connectivity index (χ2v) is 10.8. The molecule has 5 rings (SSSR count). The fourth-order valence-corrected chi connectivity index (χ4v) is 6.19. The Bertz CT molecular complexity index is 1540. The van der Waals surface area contributed by atoms with Crippen LogP contribution in [-0.4, -0.2) is 48.0 Å². The molecule has 1 aliphatic heterocycles. The van der Waals surface area contributed by atoms with Gasteiger partial charge in [-0.25, -0.2) is 9.97 Å². The second kappa shape index (κ2) is 9.03. The average molecular weight is 521 g/mol. The number of ether oxygens (including phenoxy) is 1. The van der Waals surface area contributed by atoms with Crippen LogP contribution in [0.4, 0.5) is 10.8 Å². The number of anilines is 2. The predicted molar refractivity (Wildman–Crippen MR) is 143 cm³/mol. The molecule has 0 saturated heterocycles. The quantitative estimate of drug-likeness (QED) is 0.348. The van der Waals surface area contributed by atoms with Gasteiger partial charge in [-0.2, -0.15) is 0 Å². The number of Topliss-reactive ketones (excluding diaryl/α,β-unsaturated/α-hetero) is 1. The Kier molecular flexibility index (Phi) is 6.01. The van der Waals surface area contributed by atoms with Gasteiger partial charge in [0.15, 0.2) is 10.9 Å². The number of aliphatic hydroxyl groups excluding tert-OH is 1. The van der Waals surface area contributed by atoms with Crippen LogP contribution in [0.2, 0.25) is 0 Å². The van der Waals surface area contributed by atoms with Crippen molar-refractivity contribution in [3.05, 3.63) is 74.9 Å². The number of nitrogens with zero attached hydrogens (tertiary/aromatic N) is 4. The normalized spacial score (nSPS) is 15.8. The van der Waals surface area contributed by atoms with E-state index >= 15 is 0 Å². The zero-order chi connectivity index (χ0) is 25.7. The minimum atomic E-state index is -0.842. The molecule has 4 aromatic rings. The molecule has 3 heterocycles. The molecule has 0 radical (unpaired) electrons. The molecule has 184 valence electrons. The topological polar surface area (TPSA) is 95.9 Å². The third-order valence-corrected chi connectivity index (χ3v) is 8.17. The molecule has 1 N–H and O–H groups in total. The van der Waals surface area contributed by atoms with E-state index in [1.807, 2.05) is 62.3 Å². The van der Waals surface area contributed by atoms with E-state index in [2.05, 4.69) is 9.97 Å². The number of aryl methyl sites for hydroxylation is 2. The van der Waals surface area contributed by atoms with Gasteiger partial charge >= 0.3 is 0 Å². The van der Waals surface area contributed by atoms with Gasteiger partial charge in [0.1, 0.15) is 5.75 Å². The van der Waals surface area contributed by atoms with Crippen molar-refractivity contribution in [2.24, 2.45) is 0 Å². The number of hydrogen-bond donors (Lipinski definition) is 1. The lowest BCUT2D eigenvalue weighted by Gasteiger charge is -2.25. The highest BCUT2D eigenvalue weighted by atomic mass is 32.1. The van der Waals surface area contributed by atoms with Gasteiger partial charge in [0.05, 0.1) is 44.5 Å². The molecule has 0 fully saturated rings. The molecule has 1 aliphatic rings. The van der Waals surface area contributed by atoms with Gasteiger partial charge in [-0.15, -0.1) is 11.3 Å². The van der Waals surface area contributed by atoms with Crippen molar-refractivity contribution in [3.8, 4) is 5.75 Å². The monoisotopic (exact) mass is 520 g/mol. The summed E-state index contributed by atoms with van der Waals surface area (Å²) in [4.78, 5) is 40.1. The molecule has 1 amide bonds. The van der Waals surface area contributed by atoms with E-state index in [1.165, 1.54) is 27.6 Å². The summed E-state index contributed by atoms with van der Waals surface area (Å²) >= 11 is 2.55. The lowest BCUT2D eigenvalue weighted by atomic mass is 9.95. The first kappa shape index (κ1) is 24.0. The minimum absolute atomic E-state index is 0.0289. The lowest BCUT2D eigenvalue weighted by molar-refractivity contribution is -0.117. The highest BCUT2D eigenvalue weighted by Gasteiger charge is 2.46. The average Bonchev–Trinajstić information content (AvgIpc) is 3.51. The van der Waals surface area contributed by atoms with Crippen LogP contribution in [0.1, 0.15) is 32.0 Å². The Labute approximate surface area is 216 Å². The van der Waals surface area contributed by atoms with Gasteiger partial charge in [0.2, 0.25) is 5.78 Å². The smallest absolute Gasteiger partial charge is 0.296 e. The van der Waals surface area contributed by atoms with E-state index < -0.39 is 23.5 Å². The van der Waals surface area contributed by atoms with Crippen molar-refractivity contribution in [2.45, 2.75) is 19.9 Å². The molecule has 36 heavy (non-hydrogen) atoms. The third kappa shape index (κ3) is 3.92. The fraction of sp³-hybridized carbons (Fsp3) is 0.231. The Morgan fingerprint density at radius 1 is 1.08 bits per heavy atom. The van der Waals surface area contributed by atoms with Crippen LogP contribution in [0.3, 0.4) is 0 Å². The van der Waals surface area contributed by atoms with Crippen molar-refractivity contribution in [3.63, 3.8) is 0 Å². The van der Waals surface area contributed by atoms with E-state index in [-0.39, 0.29) is 5.57 Å². The first-order valence-corrected chi connectivity index (χ1v) is 12.8. The Balaban J connectivity index is 1.67. The highest BCUT2D eigenvalue weighted by molar-refractivity contribution is 7.22. The first-order chi connectivity index (χ1) is 17.2. The molecule has 0 saturated carbocycles. The largest absolute Gasteiger partial charge is 0.503 e. The van der Waals surface area contributed by atoms with Gasteiger partial charge in [-0.05, 0) is 49.7 Å². The van der Waals surface area contributed by atoms with Crippen LogP contribution in [0.5, 0.6) is 5.75 Å². The van der Waals surface area contributed by atoms with E-state index in [9.17, 15) is 14.7 Å². The number of rotatable bonds is 6. The highest BCUT2D eigenvalue weighted by Crippen LogP contribution is 2.45. The number of carbonyl (C=O) groups is 2. The maximum Gasteiger partial charge on any atom is 0.296 e. The van der Waals surface area contributed by atoms with Gasteiger partial charge < -0.3 is 14.7 Å². The zero-order valence-electron chi connectivity index (χ0n) is 20.4. The number of hydrogen-bond acceptors (Lipinski definition) is 9. The molecule has 0 spiro atoms. The molecular formula is C26H24N4O4S2. The van der Waals surface area contributed by atoms with Crippen LogP contribution in [0.25, 0.3) is 10.2 Å². The van der Waals surface area contributed by atoms with Crippen LogP contribution in [0, 0.1) is 13.8 Å². The predicted octanol–water partition coefficient (Wildman–Crippen LogP) is 5.23. The van der Waals surface area contributed by atoms with Crippen LogP contribution >= 0.6 is 22.7 Å². The summed E-state index contributed by atoms with van der Waals surface area (Å²) in [6.07, 6.45) is 0. The molecule has 10 heteroatoms. The Morgan fingerprint density at radius 3 is 2.42 bits per heavy atom. The number of aromatic nitrogens is 2. The summed E-state index contributed by atoms with van der Waals surface area (Å²) < 4.78 is 6.15. The van der Waals surface area contributed by atoms with E-state index in [0.29, 0.717) is 32.5 Å². The number of amides is 1. The molecule has 1 unspecified atom stereocenters. The number of methoxy groups -OCH3 is 1. The fourth-order valence-electron chi connectivity index (χ4n) is 4.29. The number of thiazole rings is 2. The van der Waals surface area contributed by atoms with Gasteiger partial charge in [-0.1, -0.05) is 23.5 Å². The first-order valence-electron chi connectivity index (χ1n) is 11.2. The number of carbonyl (C=O) groups excluding carboxylic acids is 2.